The van der Waals surface area contributed by atoms with E-state index >= 15 is 0 Å². The van der Waals surface area contributed by atoms with Gasteiger partial charge in [-0.25, -0.2) is 0 Å². The highest BCUT2D eigenvalue weighted by atomic mass is 16.3. The first kappa shape index (κ1) is 8.09. The molecule has 0 spiro atoms. The van der Waals surface area contributed by atoms with Crippen LogP contribution in [0.5, 0.6) is 0 Å². The summed E-state index contributed by atoms with van der Waals surface area (Å²) < 4.78 is 0. The Bertz CT molecular complexity index is 65.4. The van der Waals surface area contributed by atoms with Crippen LogP contribution in [0, 0.1) is 5.41 Å². The van der Waals surface area contributed by atoms with Gasteiger partial charge in [-0.1, -0.05) is 20.8 Å². The average molecular weight is 112 g/mol. The molecule has 0 amide bonds. The van der Waals surface area contributed by atoms with E-state index in [4.69, 9.17) is 0 Å². The van der Waals surface area contributed by atoms with E-state index in [0.29, 0.717) is 0 Å². The highest BCUT2D eigenvalue weighted by Gasteiger charge is 2.29. The van der Waals surface area contributed by atoms with Crippen molar-refractivity contribution in [3.05, 3.63) is 0 Å². The summed E-state index contributed by atoms with van der Waals surface area (Å²) in [4.78, 5) is 0. The van der Waals surface area contributed by atoms with Crippen LogP contribution in [0.3, 0.4) is 0 Å². The van der Waals surface area contributed by atoms with Crippen molar-refractivity contribution in [3.8, 4) is 0 Å². The standard InChI is InChI=1S/C5H14B2O/c1-4(2,3)5(6,7)8/h8H,6-7H2,1-3H3. The number of aliphatic hydroxyl groups is 1. The summed E-state index contributed by atoms with van der Waals surface area (Å²) in [5.41, 5.74) is -0.00694. The maximum atomic E-state index is 9.35. The summed E-state index contributed by atoms with van der Waals surface area (Å²) >= 11 is 0. The van der Waals surface area contributed by atoms with Crippen LogP contribution < -0.4 is 0 Å². The van der Waals surface area contributed by atoms with Crippen molar-refractivity contribution in [2.24, 2.45) is 5.41 Å². The van der Waals surface area contributed by atoms with Gasteiger partial charge in [-0.2, -0.15) is 0 Å². The van der Waals surface area contributed by atoms with Crippen LogP contribution >= 0.6 is 0 Å². The molecule has 0 bridgehead atoms. The van der Waals surface area contributed by atoms with E-state index in [2.05, 4.69) is 0 Å². The molecule has 0 saturated carbocycles. The molecule has 0 radical (unpaired) electrons. The molecule has 0 aromatic rings. The third-order valence-corrected chi connectivity index (χ3v) is 1.84. The topological polar surface area (TPSA) is 20.2 Å². The largest absolute Gasteiger partial charge is 0.407 e. The summed E-state index contributed by atoms with van der Waals surface area (Å²) in [7, 11) is 3.65. The van der Waals surface area contributed by atoms with Gasteiger partial charge in [0.05, 0.1) is 0 Å². The van der Waals surface area contributed by atoms with Gasteiger partial charge in [0.15, 0.2) is 0 Å². The first-order valence-electron chi connectivity index (χ1n) is 2.97. The Morgan fingerprint density at radius 3 is 1.25 bits per heavy atom. The van der Waals surface area contributed by atoms with Crippen LogP contribution in [-0.2, 0) is 0 Å². The zero-order valence-electron chi connectivity index (χ0n) is 6.45. The van der Waals surface area contributed by atoms with E-state index in [1.807, 2.05) is 36.5 Å². The fourth-order valence-electron chi connectivity index (χ4n) is 0. The van der Waals surface area contributed by atoms with Gasteiger partial charge in [-0.15, -0.1) is 0 Å². The normalized spacial score (nSPS) is 14.0. The molecule has 0 fully saturated rings. The zero-order valence-corrected chi connectivity index (χ0v) is 6.45. The lowest BCUT2D eigenvalue weighted by molar-refractivity contribution is 0.0946. The SMILES string of the molecule is BC(B)(O)C(C)(C)C. The molecule has 0 atom stereocenters. The third kappa shape index (κ3) is 1.91. The fourth-order valence-corrected chi connectivity index (χ4v) is 0. The molecule has 8 heavy (non-hydrogen) atoms. The third-order valence-electron chi connectivity index (χ3n) is 1.84. The number of hydrogen-bond donors (Lipinski definition) is 1. The van der Waals surface area contributed by atoms with Crippen LogP contribution in [0.25, 0.3) is 0 Å². The second kappa shape index (κ2) is 1.80. The molecular formula is C5H14B2O. The van der Waals surface area contributed by atoms with Crippen molar-refractivity contribution in [2.45, 2.75) is 26.2 Å². The molecule has 0 aromatic heterocycles. The van der Waals surface area contributed by atoms with Crippen molar-refractivity contribution in [1.82, 2.24) is 0 Å². The van der Waals surface area contributed by atoms with Gasteiger partial charge in [-0.3, -0.25) is 0 Å². The fraction of sp³-hybridized carbons (Fsp3) is 1.00. The van der Waals surface area contributed by atoms with Gasteiger partial charge in [0.25, 0.3) is 0 Å². The first-order chi connectivity index (χ1) is 3.25. The van der Waals surface area contributed by atoms with Gasteiger partial charge in [0.1, 0.15) is 15.7 Å². The first-order valence-corrected chi connectivity index (χ1v) is 2.97. The van der Waals surface area contributed by atoms with Gasteiger partial charge in [0.2, 0.25) is 0 Å². The summed E-state index contributed by atoms with van der Waals surface area (Å²) in [6.07, 6.45) is 0. The molecule has 1 N–H and O–H groups in total. The molecule has 3 heteroatoms. The molecule has 0 rings (SSSR count). The quantitative estimate of drug-likeness (QED) is 0.396. The minimum atomic E-state index is -0.562. The lowest BCUT2D eigenvalue weighted by atomic mass is 9.52. The Morgan fingerprint density at radius 2 is 1.25 bits per heavy atom. The lowest BCUT2D eigenvalue weighted by Gasteiger charge is -2.33. The van der Waals surface area contributed by atoms with E-state index in [1.54, 1.807) is 0 Å². The Balaban J connectivity index is 4.02. The molecule has 0 aromatic carbocycles. The smallest absolute Gasteiger partial charge is 0.132 e. The van der Waals surface area contributed by atoms with E-state index < -0.39 is 5.40 Å². The van der Waals surface area contributed by atoms with E-state index in [9.17, 15) is 5.11 Å². The van der Waals surface area contributed by atoms with E-state index in [1.165, 1.54) is 0 Å². The Hall–Kier alpha value is 0.0899. The van der Waals surface area contributed by atoms with Gasteiger partial charge in [-0.05, 0) is 5.41 Å². The Kier molecular flexibility index (Phi) is 1.82. The lowest BCUT2D eigenvalue weighted by Crippen LogP contribution is -2.43. The molecule has 1 nitrogen and oxygen atoms in total. The van der Waals surface area contributed by atoms with Crippen LogP contribution in [0.1, 0.15) is 20.8 Å². The van der Waals surface area contributed by atoms with Gasteiger partial charge < -0.3 is 5.11 Å². The predicted octanol–water partition coefficient (Wildman–Crippen LogP) is -1.06. The molecule has 0 aliphatic carbocycles. The molecule has 0 aliphatic heterocycles. The highest BCUT2D eigenvalue weighted by molar-refractivity contribution is 6.39. The second-order valence-electron chi connectivity index (χ2n) is 3.81. The van der Waals surface area contributed by atoms with Crippen molar-refractivity contribution >= 4 is 15.7 Å². The van der Waals surface area contributed by atoms with Crippen LogP contribution in [0.15, 0.2) is 0 Å². The van der Waals surface area contributed by atoms with E-state index in [0.717, 1.165) is 0 Å². The number of hydrogen-bond acceptors (Lipinski definition) is 1. The van der Waals surface area contributed by atoms with Crippen LogP contribution in [-0.4, -0.2) is 26.2 Å². The molecule has 0 aliphatic rings. The number of rotatable bonds is 0. The maximum Gasteiger partial charge on any atom is 0.132 e. The summed E-state index contributed by atoms with van der Waals surface area (Å²) in [6, 6.07) is 0. The van der Waals surface area contributed by atoms with Crippen molar-refractivity contribution < 1.29 is 5.11 Å². The minimum Gasteiger partial charge on any atom is -0.407 e. The summed E-state index contributed by atoms with van der Waals surface area (Å²) in [5.74, 6) is 0. The molecule has 0 unspecified atom stereocenters. The molecule has 0 saturated heterocycles. The Morgan fingerprint density at radius 1 is 1.12 bits per heavy atom. The second-order valence-corrected chi connectivity index (χ2v) is 3.81. The molecule has 46 valence electrons. The molecule has 0 heterocycles. The van der Waals surface area contributed by atoms with Gasteiger partial charge in [0, 0.05) is 5.40 Å². The van der Waals surface area contributed by atoms with Crippen molar-refractivity contribution in [2.75, 3.05) is 0 Å². The van der Waals surface area contributed by atoms with Crippen LogP contribution in [0.4, 0.5) is 0 Å². The van der Waals surface area contributed by atoms with E-state index in [-0.39, 0.29) is 5.41 Å². The summed E-state index contributed by atoms with van der Waals surface area (Å²) in [5, 5.41) is 8.79. The minimum absolute atomic E-state index is 0.00694. The van der Waals surface area contributed by atoms with Gasteiger partial charge >= 0.3 is 0 Å². The predicted molar refractivity (Wildman–Crippen MR) is 41.5 cm³/mol. The Labute approximate surface area is 53.3 Å². The zero-order chi connectivity index (χ0) is 7.00. The highest BCUT2D eigenvalue weighted by Crippen LogP contribution is 2.23. The maximum absolute atomic E-state index is 9.35. The van der Waals surface area contributed by atoms with Crippen LogP contribution in [0.2, 0.25) is 0 Å². The molecular weight excluding hydrogens is 97.7 g/mol. The monoisotopic (exact) mass is 112 g/mol. The van der Waals surface area contributed by atoms with Crippen molar-refractivity contribution in [3.63, 3.8) is 0 Å². The summed E-state index contributed by atoms with van der Waals surface area (Å²) in [6.45, 7) is 6.06. The van der Waals surface area contributed by atoms with Crippen molar-refractivity contribution in [1.29, 1.82) is 0 Å². The average Bonchev–Trinajstić information content (AvgIpc) is 1.25.